The minimum atomic E-state index is -4.67. The highest BCUT2D eigenvalue weighted by Crippen LogP contribution is 2.27. The number of ether oxygens (including phenoxy) is 2. The van der Waals surface area contributed by atoms with Crippen LogP contribution in [0.25, 0.3) is 0 Å². The highest BCUT2D eigenvalue weighted by Gasteiger charge is 2.33. The molecule has 0 fully saturated rings. The Hall–Kier alpha value is -1.01. The summed E-state index contributed by atoms with van der Waals surface area (Å²) in [6.07, 6.45) is -2.92. The Kier molecular flexibility index (Phi) is 5.22. The molecule has 0 aliphatic heterocycles. The number of halogens is 3. The molecule has 104 valence electrons. The van der Waals surface area contributed by atoms with Crippen LogP contribution in [0, 0.1) is 5.92 Å². The van der Waals surface area contributed by atoms with Gasteiger partial charge in [-0.3, -0.25) is 4.74 Å². The molecule has 0 heterocycles. The topological polar surface area (TPSA) is 38.7 Å². The fourth-order valence-corrected chi connectivity index (χ4v) is 1.52. The summed E-state index contributed by atoms with van der Waals surface area (Å²) in [7, 11) is 0. The third-order valence-electron chi connectivity index (χ3n) is 2.27. The molecule has 0 radical (unpaired) electrons. The van der Waals surface area contributed by atoms with Gasteiger partial charge in [-0.15, -0.1) is 13.2 Å². The molecule has 0 aromatic rings. The highest BCUT2D eigenvalue weighted by molar-refractivity contribution is 5.31. The molecule has 1 aliphatic carbocycles. The first-order valence-corrected chi connectivity index (χ1v) is 5.71. The second kappa shape index (κ2) is 6.24. The second-order valence-electron chi connectivity index (χ2n) is 4.46. The van der Waals surface area contributed by atoms with Crippen LogP contribution < -0.4 is 0 Å². The van der Waals surface area contributed by atoms with Crippen LogP contribution in [-0.4, -0.2) is 30.8 Å². The van der Waals surface area contributed by atoms with E-state index in [4.69, 9.17) is 9.84 Å². The van der Waals surface area contributed by atoms with Gasteiger partial charge in [0, 0.05) is 5.57 Å². The zero-order chi connectivity index (χ0) is 13.8. The van der Waals surface area contributed by atoms with Crippen molar-refractivity contribution in [2.24, 2.45) is 5.92 Å². The normalized spacial score (nSPS) is 20.7. The van der Waals surface area contributed by atoms with Gasteiger partial charge in [0.25, 0.3) is 0 Å². The summed E-state index contributed by atoms with van der Waals surface area (Å²) in [5.41, 5.74) is 0.330. The van der Waals surface area contributed by atoms with Crippen molar-refractivity contribution in [3.8, 4) is 0 Å². The smallest absolute Gasteiger partial charge is 0.493 e. The van der Waals surface area contributed by atoms with E-state index in [9.17, 15) is 13.2 Å². The Balaban J connectivity index is 2.63. The Morgan fingerprint density at radius 1 is 1.44 bits per heavy atom. The zero-order valence-corrected chi connectivity index (χ0v) is 10.3. The summed E-state index contributed by atoms with van der Waals surface area (Å²) in [6, 6.07) is 0. The standard InChI is InChI=1S/C12H17F3O3/c1-8(2)7-17-11-4-3-10(5-9(11)6-16)18-12(13,14)15/h4-5,8,10,16H,3,6-7H2,1-2H3. The van der Waals surface area contributed by atoms with Crippen LogP contribution in [-0.2, 0) is 9.47 Å². The van der Waals surface area contributed by atoms with Crippen LogP contribution in [0.5, 0.6) is 0 Å². The average molecular weight is 266 g/mol. The van der Waals surface area contributed by atoms with Gasteiger partial charge in [0.05, 0.1) is 19.3 Å². The first-order valence-electron chi connectivity index (χ1n) is 5.71. The molecule has 0 saturated heterocycles. The molecule has 0 spiro atoms. The minimum absolute atomic E-state index is 0.0798. The number of rotatable bonds is 5. The van der Waals surface area contributed by atoms with Crippen LogP contribution in [0.3, 0.4) is 0 Å². The zero-order valence-electron chi connectivity index (χ0n) is 10.3. The van der Waals surface area contributed by atoms with Crippen molar-refractivity contribution in [1.82, 2.24) is 0 Å². The largest absolute Gasteiger partial charge is 0.523 e. The van der Waals surface area contributed by atoms with Crippen molar-refractivity contribution in [3.63, 3.8) is 0 Å². The van der Waals surface area contributed by atoms with Crippen molar-refractivity contribution in [2.75, 3.05) is 13.2 Å². The summed E-state index contributed by atoms with van der Waals surface area (Å²) < 4.78 is 45.5. The third kappa shape index (κ3) is 5.10. The summed E-state index contributed by atoms with van der Waals surface area (Å²) in [4.78, 5) is 0. The van der Waals surface area contributed by atoms with Crippen molar-refractivity contribution in [3.05, 3.63) is 23.5 Å². The molecular formula is C12H17F3O3. The van der Waals surface area contributed by atoms with Crippen LogP contribution in [0.2, 0.25) is 0 Å². The summed E-state index contributed by atoms with van der Waals surface area (Å²) in [6.45, 7) is 4.00. The Morgan fingerprint density at radius 2 is 2.11 bits per heavy atom. The third-order valence-corrected chi connectivity index (χ3v) is 2.27. The number of aliphatic hydroxyl groups is 1. The van der Waals surface area contributed by atoms with E-state index in [1.165, 1.54) is 12.2 Å². The fraction of sp³-hybridized carbons (Fsp3) is 0.667. The SMILES string of the molecule is CC(C)COC1=CCC(OC(F)(F)F)C=C1CO. The lowest BCUT2D eigenvalue weighted by atomic mass is 10.0. The van der Waals surface area contributed by atoms with Gasteiger partial charge in [-0.2, -0.15) is 0 Å². The van der Waals surface area contributed by atoms with E-state index in [0.29, 0.717) is 23.9 Å². The van der Waals surface area contributed by atoms with Gasteiger partial charge >= 0.3 is 6.36 Å². The van der Waals surface area contributed by atoms with Gasteiger partial charge in [0.2, 0.25) is 0 Å². The molecule has 0 bridgehead atoms. The summed E-state index contributed by atoms with van der Waals surface area (Å²) in [5.74, 6) is 0.739. The average Bonchev–Trinajstić information content (AvgIpc) is 2.24. The number of hydrogen-bond acceptors (Lipinski definition) is 3. The van der Waals surface area contributed by atoms with E-state index in [1.54, 1.807) is 0 Å². The fourth-order valence-electron chi connectivity index (χ4n) is 1.52. The Morgan fingerprint density at radius 3 is 2.61 bits per heavy atom. The van der Waals surface area contributed by atoms with Crippen LogP contribution in [0.4, 0.5) is 13.2 Å². The maximum Gasteiger partial charge on any atom is 0.523 e. The highest BCUT2D eigenvalue weighted by atomic mass is 19.4. The molecule has 1 unspecified atom stereocenters. The van der Waals surface area contributed by atoms with E-state index >= 15 is 0 Å². The van der Waals surface area contributed by atoms with Gasteiger partial charge in [0.15, 0.2) is 0 Å². The second-order valence-corrected chi connectivity index (χ2v) is 4.46. The predicted octanol–water partition coefficient (Wildman–Crippen LogP) is 2.77. The summed E-state index contributed by atoms with van der Waals surface area (Å²) >= 11 is 0. The van der Waals surface area contributed by atoms with Gasteiger partial charge in [-0.25, -0.2) is 0 Å². The van der Waals surface area contributed by atoms with Gasteiger partial charge < -0.3 is 9.84 Å². The van der Waals surface area contributed by atoms with Crippen LogP contribution in [0.15, 0.2) is 23.5 Å². The van der Waals surface area contributed by atoms with Crippen molar-refractivity contribution in [2.45, 2.75) is 32.7 Å². The number of hydrogen-bond donors (Lipinski definition) is 1. The predicted molar refractivity (Wildman–Crippen MR) is 59.6 cm³/mol. The number of aliphatic hydroxyl groups excluding tert-OH is 1. The molecule has 0 saturated carbocycles. The molecule has 1 aliphatic rings. The van der Waals surface area contributed by atoms with Gasteiger partial charge in [-0.1, -0.05) is 13.8 Å². The van der Waals surface area contributed by atoms with Crippen molar-refractivity contribution in [1.29, 1.82) is 0 Å². The minimum Gasteiger partial charge on any atom is -0.493 e. The molecule has 3 nitrogen and oxygen atoms in total. The molecule has 0 amide bonds. The quantitative estimate of drug-likeness (QED) is 0.831. The van der Waals surface area contributed by atoms with E-state index < -0.39 is 12.5 Å². The number of alkyl halides is 3. The van der Waals surface area contributed by atoms with E-state index in [-0.39, 0.29) is 13.0 Å². The lowest BCUT2D eigenvalue weighted by molar-refractivity contribution is -0.336. The molecule has 0 aromatic heterocycles. The lowest BCUT2D eigenvalue weighted by Crippen LogP contribution is -2.25. The molecule has 18 heavy (non-hydrogen) atoms. The molecule has 6 heteroatoms. The van der Waals surface area contributed by atoms with Crippen LogP contribution >= 0.6 is 0 Å². The Labute approximate surface area is 104 Å². The molecule has 1 atom stereocenters. The first kappa shape index (κ1) is 15.0. The first-order chi connectivity index (χ1) is 8.31. The Bertz CT molecular complexity index is 332. The van der Waals surface area contributed by atoms with Crippen LogP contribution in [0.1, 0.15) is 20.3 Å². The lowest BCUT2D eigenvalue weighted by Gasteiger charge is -2.23. The van der Waals surface area contributed by atoms with Crippen molar-refractivity contribution >= 4 is 0 Å². The van der Waals surface area contributed by atoms with E-state index in [0.717, 1.165) is 0 Å². The monoisotopic (exact) mass is 266 g/mol. The molecule has 0 aromatic carbocycles. The van der Waals surface area contributed by atoms with E-state index in [2.05, 4.69) is 4.74 Å². The van der Waals surface area contributed by atoms with E-state index in [1.807, 2.05) is 13.8 Å². The van der Waals surface area contributed by atoms with Gasteiger partial charge in [0.1, 0.15) is 5.76 Å². The maximum absolute atomic E-state index is 12.1. The maximum atomic E-state index is 12.1. The van der Waals surface area contributed by atoms with Gasteiger partial charge in [-0.05, 0) is 24.5 Å². The molecular weight excluding hydrogens is 249 g/mol. The molecule has 1 N–H and O–H groups in total. The summed E-state index contributed by atoms with van der Waals surface area (Å²) in [5, 5.41) is 9.12. The van der Waals surface area contributed by atoms with Crippen molar-refractivity contribution < 1.29 is 27.8 Å². The molecule has 1 rings (SSSR count).